The molecule has 1 saturated heterocycles. The van der Waals surface area contributed by atoms with E-state index in [1.807, 2.05) is 18.9 Å². The normalized spacial score (nSPS) is 20.9. The van der Waals surface area contributed by atoms with Crippen molar-refractivity contribution in [2.24, 2.45) is 11.7 Å². The van der Waals surface area contributed by atoms with Crippen molar-refractivity contribution in [1.29, 1.82) is 0 Å². The maximum Gasteiger partial charge on any atom is 0.226 e. The van der Waals surface area contributed by atoms with Crippen molar-refractivity contribution >= 4 is 30.7 Å². The molecule has 0 aliphatic carbocycles. The first-order valence-electron chi connectivity index (χ1n) is 6.71. The van der Waals surface area contributed by atoms with E-state index in [0.717, 1.165) is 13.0 Å². The van der Waals surface area contributed by atoms with Crippen LogP contribution in [0.15, 0.2) is 0 Å². The lowest BCUT2D eigenvalue weighted by molar-refractivity contribution is -0.133. The fraction of sp³-hybridized carbons (Fsp3) is 0.923. The summed E-state index contributed by atoms with van der Waals surface area (Å²) in [6.45, 7) is 4.37. The number of hydrogen-bond acceptors (Lipinski definition) is 3. The van der Waals surface area contributed by atoms with Crippen LogP contribution >= 0.6 is 24.8 Å². The molecule has 0 radical (unpaired) electrons. The van der Waals surface area contributed by atoms with Gasteiger partial charge in [0.05, 0.1) is 0 Å². The third kappa shape index (κ3) is 6.80. The predicted molar refractivity (Wildman–Crippen MR) is 85.2 cm³/mol. The van der Waals surface area contributed by atoms with E-state index in [-0.39, 0.29) is 36.6 Å². The summed E-state index contributed by atoms with van der Waals surface area (Å²) in [5, 5.41) is 0. The van der Waals surface area contributed by atoms with Crippen LogP contribution in [-0.2, 0) is 4.79 Å². The first-order valence-corrected chi connectivity index (χ1v) is 6.71. The lowest BCUT2D eigenvalue weighted by Crippen LogP contribution is -2.41. The molecule has 2 unspecified atom stereocenters. The largest absolute Gasteiger partial charge is 0.345 e. The molecular formula is C13H29Cl2N3O. The van der Waals surface area contributed by atoms with Gasteiger partial charge in [0.1, 0.15) is 0 Å². The maximum atomic E-state index is 11.9. The molecule has 0 spiro atoms. The van der Waals surface area contributed by atoms with Crippen LogP contribution < -0.4 is 5.73 Å². The van der Waals surface area contributed by atoms with Crippen molar-refractivity contribution in [3.8, 4) is 0 Å². The summed E-state index contributed by atoms with van der Waals surface area (Å²) in [5.74, 6) is 0.120. The molecule has 1 aliphatic rings. The van der Waals surface area contributed by atoms with Crippen LogP contribution in [0.3, 0.4) is 0 Å². The molecule has 0 aromatic rings. The van der Waals surface area contributed by atoms with Gasteiger partial charge in [0.25, 0.3) is 0 Å². The summed E-state index contributed by atoms with van der Waals surface area (Å²) < 4.78 is 0. The van der Waals surface area contributed by atoms with E-state index in [9.17, 15) is 4.79 Å². The van der Waals surface area contributed by atoms with Crippen LogP contribution in [-0.4, -0.2) is 55.5 Å². The maximum absolute atomic E-state index is 11.9. The van der Waals surface area contributed by atoms with Gasteiger partial charge in [-0.25, -0.2) is 0 Å². The zero-order valence-corrected chi connectivity index (χ0v) is 13.9. The summed E-state index contributed by atoms with van der Waals surface area (Å²) in [5.41, 5.74) is 5.52. The first-order chi connectivity index (χ1) is 8.06. The van der Waals surface area contributed by atoms with Crippen LogP contribution in [0.5, 0.6) is 0 Å². The average Bonchev–Trinajstić information content (AvgIpc) is 2.35. The van der Waals surface area contributed by atoms with E-state index in [4.69, 9.17) is 5.73 Å². The molecule has 0 aromatic carbocycles. The number of amides is 1. The fourth-order valence-corrected chi connectivity index (χ4v) is 2.44. The highest BCUT2D eigenvalue weighted by Gasteiger charge is 2.21. The van der Waals surface area contributed by atoms with Crippen molar-refractivity contribution in [3.05, 3.63) is 0 Å². The molecule has 2 atom stereocenters. The third-order valence-electron chi connectivity index (χ3n) is 3.87. The third-order valence-corrected chi connectivity index (χ3v) is 3.87. The fourth-order valence-electron chi connectivity index (χ4n) is 2.44. The van der Waals surface area contributed by atoms with E-state index in [0.29, 0.717) is 12.6 Å². The lowest BCUT2D eigenvalue weighted by atomic mass is 10.00. The molecule has 2 N–H and O–H groups in total. The van der Waals surface area contributed by atoms with E-state index in [1.165, 1.54) is 25.8 Å². The molecule has 4 nitrogen and oxygen atoms in total. The molecule has 116 valence electrons. The van der Waals surface area contributed by atoms with Gasteiger partial charge in [0.15, 0.2) is 0 Å². The van der Waals surface area contributed by atoms with Gasteiger partial charge in [0, 0.05) is 32.1 Å². The van der Waals surface area contributed by atoms with Crippen molar-refractivity contribution in [3.63, 3.8) is 0 Å². The number of rotatable bonds is 5. The van der Waals surface area contributed by atoms with E-state index >= 15 is 0 Å². The van der Waals surface area contributed by atoms with Crippen molar-refractivity contribution in [2.75, 3.05) is 33.7 Å². The summed E-state index contributed by atoms with van der Waals surface area (Å²) in [4.78, 5) is 16.1. The summed E-state index contributed by atoms with van der Waals surface area (Å²) >= 11 is 0. The standard InChI is InChI=1S/C13H27N3O.2ClH/c1-11(10-14)13(17)16(3)9-7-12-6-4-5-8-15(12)2;;/h11-12H,4-10,14H2,1-3H3;2*1H. The summed E-state index contributed by atoms with van der Waals surface area (Å²) in [7, 11) is 4.07. The van der Waals surface area contributed by atoms with Gasteiger partial charge in [-0.05, 0) is 32.9 Å². The second-order valence-corrected chi connectivity index (χ2v) is 5.32. The highest BCUT2D eigenvalue weighted by atomic mass is 35.5. The molecule has 6 heteroatoms. The molecular weight excluding hydrogens is 285 g/mol. The number of halogens is 2. The van der Waals surface area contributed by atoms with Crippen LogP contribution in [0.4, 0.5) is 0 Å². The van der Waals surface area contributed by atoms with E-state index in [2.05, 4.69) is 11.9 Å². The molecule has 19 heavy (non-hydrogen) atoms. The Morgan fingerprint density at radius 3 is 2.58 bits per heavy atom. The number of hydrogen-bond donors (Lipinski definition) is 1. The Hall–Kier alpha value is -0.0300. The Morgan fingerprint density at radius 1 is 1.42 bits per heavy atom. The topological polar surface area (TPSA) is 49.6 Å². The minimum Gasteiger partial charge on any atom is -0.345 e. The smallest absolute Gasteiger partial charge is 0.226 e. The molecule has 0 bridgehead atoms. The monoisotopic (exact) mass is 313 g/mol. The van der Waals surface area contributed by atoms with Crippen LogP contribution in [0, 0.1) is 5.92 Å². The van der Waals surface area contributed by atoms with Gasteiger partial charge in [0.2, 0.25) is 5.91 Å². The second kappa shape index (κ2) is 10.7. The Morgan fingerprint density at radius 2 is 2.05 bits per heavy atom. The number of piperidine rings is 1. The van der Waals surface area contributed by atoms with Gasteiger partial charge in [-0.2, -0.15) is 0 Å². The Balaban J connectivity index is 0. The van der Waals surface area contributed by atoms with E-state index < -0.39 is 0 Å². The molecule has 0 saturated carbocycles. The highest BCUT2D eigenvalue weighted by Crippen LogP contribution is 2.18. The molecule has 1 amide bonds. The van der Waals surface area contributed by atoms with Gasteiger partial charge in [-0.15, -0.1) is 24.8 Å². The van der Waals surface area contributed by atoms with Gasteiger partial charge in [-0.1, -0.05) is 13.3 Å². The molecule has 1 fully saturated rings. The Bertz CT molecular complexity index is 254. The van der Waals surface area contributed by atoms with Gasteiger partial charge >= 0.3 is 0 Å². The Kier molecular flexibility index (Phi) is 12.0. The minimum atomic E-state index is -0.0518. The zero-order valence-electron chi connectivity index (χ0n) is 12.3. The van der Waals surface area contributed by atoms with Crippen molar-refractivity contribution in [1.82, 2.24) is 9.80 Å². The average molecular weight is 314 g/mol. The zero-order chi connectivity index (χ0) is 12.8. The first kappa shape index (κ1) is 21.3. The molecule has 1 rings (SSSR count). The minimum absolute atomic E-state index is 0. The predicted octanol–water partition coefficient (Wildman–Crippen LogP) is 1.76. The Labute approximate surface area is 129 Å². The van der Waals surface area contributed by atoms with Crippen molar-refractivity contribution < 1.29 is 4.79 Å². The quantitative estimate of drug-likeness (QED) is 0.841. The number of nitrogens with zero attached hydrogens (tertiary/aromatic N) is 2. The van der Waals surface area contributed by atoms with E-state index in [1.54, 1.807) is 0 Å². The summed E-state index contributed by atoms with van der Waals surface area (Å²) in [6, 6.07) is 0.646. The van der Waals surface area contributed by atoms with Crippen LogP contribution in [0.1, 0.15) is 32.6 Å². The summed E-state index contributed by atoms with van der Waals surface area (Å²) in [6.07, 6.45) is 4.98. The molecule has 1 aliphatic heterocycles. The number of nitrogens with two attached hydrogens (primary N) is 1. The SMILES string of the molecule is CC(CN)C(=O)N(C)CCC1CCCCN1C.Cl.Cl. The second-order valence-electron chi connectivity index (χ2n) is 5.32. The highest BCUT2D eigenvalue weighted by molar-refractivity contribution is 5.85. The number of likely N-dealkylation sites (tertiary alicyclic amines) is 1. The number of carbonyl (C=O) groups excluding carboxylic acids is 1. The van der Waals surface area contributed by atoms with Gasteiger partial charge < -0.3 is 15.5 Å². The number of carbonyl (C=O) groups is 1. The van der Waals surface area contributed by atoms with Gasteiger partial charge in [-0.3, -0.25) is 4.79 Å². The molecule has 0 aromatic heterocycles. The van der Waals surface area contributed by atoms with Crippen molar-refractivity contribution in [2.45, 2.75) is 38.6 Å². The van der Waals surface area contributed by atoms with Crippen LogP contribution in [0.25, 0.3) is 0 Å². The van der Waals surface area contributed by atoms with Crippen LogP contribution in [0.2, 0.25) is 0 Å². The lowest BCUT2D eigenvalue weighted by Gasteiger charge is -2.33. The molecule has 1 heterocycles.